The highest BCUT2D eigenvalue weighted by Gasteiger charge is 2.31. The number of rotatable bonds is 7. The standard InChI is InChI=1S/C15H20N2O2/c16-14(18)13(17-15(19)12-9-10-12)8-4-7-11-5-2-1-3-6-11/h1-3,5-6,12-13H,4,7-10H2,(H2,16,18)(H,17,19)/t13-/m1/s1. The van der Waals surface area contributed by atoms with E-state index in [0.29, 0.717) is 6.42 Å². The van der Waals surface area contributed by atoms with Gasteiger partial charge in [0.25, 0.3) is 0 Å². The van der Waals surface area contributed by atoms with Crippen molar-refractivity contribution in [3.8, 4) is 0 Å². The fraction of sp³-hybridized carbons (Fsp3) is 0.467. The van der Waals surface area contributed by atoms with Crippen molar-refractivity contribution in [2.45, 2.75) is 38.1 Å². The summed E-state index contributed by atoms with van der Waals surface area (Å²) in [6.45, 7) is 0. The van der Waals surface area contributed by atoms with Crippen molar-refractivity contribution in [1.82, 2.24) is 5.32 Å². The minimum Gasteiger partial charge on any atom is -0.368 e. The minimum atomic E-state index is -0.531. The molecule has 0 saturated heterocycles. The lowest BCUT2D eigenvalue weighted by molar-refractivity contribution is -0.128. The second kappa shape index (κ2) is 6.36. The molecule has 1 fully saturated rings. The quantitative estimate of drug-likeness (QED) is 0.777. The predicted octanol–water partition coefficient (Wildman–Crippen LogP) is 1.39. The lowest BCUT2D eigenvalue weighted by Gasteiger charge is -2.15. The summed E-state index contributed by atoms with van der Waals surface area (Å²) in [6, 6.07) is 9.55. The van der Waals surface area contributed by atoms with Crippen molar-refractivity contribution in [2.75, 3.05) is 0 Å². The van der Waals surface area contributed by atoms with Crippen molar-refractivity contribution in [3.63, 3.8) is 0 Å². The van der Waals surface area contributed by atoms with Crippen molar-refractivity contribution >= 4 is 11.8 Å². The van der Waals surface area contributed by atoms with Crippen LogP contribution in [-0.2, 0) is 16.0 Å². The summed E-state index contributed by atoms with van der Waals surface area (Å²) in [5, 5.41) is 2.75. The number of amides is 2. The molecule has 0 bridgehead atoms. The van der Waals surface area contributed by atoms with Crippen LogP contribution < -0.4 is 11.1 Å². The average Bonchev–Trinajstić information content (AvgIpc) is 3.22. The first-order valence-corrected chi connectivity index (χ1v) is 6.80. The molecule has 1 aliphatic carbocycles. The third-order valence-corrected chi connectivity index (χ3v) is 3.41. The normalized spacial score (nSPS) is 15.8. The van der Waals surface area contributed by atoms with Crippen molar-refractivity contribution in [3.05, 3.63) is 35.9 Å². The Hall–Kier alpha value is -1.84. The van der Waals surface area contributed by atoms with Gasteiger partial charge >= 0.3 is 0 Å². The van der Waals surface area contributed by atoms with Crippen molar-refractivity contribution in [2.24, 2.45) is 11.7 Å². The molecule has 1 atom stereocenters. The third kappa shape index (κ3) is 4.39. The second-order valence-corrected chi connectivity index (χ2v) is 5.12. The Morgan fingerprint density at radius 3 is 2.53 bits per heavy atom. The number of nitrogens with one attached hydrogen (secondary N) is 1. The fourth-order valence-electron chi connectivity index (χ4n) is 2.08. The Kier molecular flexibility index (Phi) is 4.55. The predicted molar refractivity (Wildman–Crippen MR) is 73.2 cm³/mol. The maximum absolute atomic E-state index is 11.6. The Morgan fingerprint density at radius 2 is 1.95 bits per heavy atom. The summed E-state index contributed by atoms with van der Waals surface area (Å²) in [7, 11) is 0. The first-order chi connectivity index (χ1) is 9.16. The number of nitrogens with two attached hydrogens (primary N) is 1. The number of hydrogen-bond acceptors (Lipinski definition) is 2. The summed E-state index contributed by atoms with van der Waals surface area (Å²) in [5.74, 6) is -0.360. The van der Waals surface area contributed by atoms with Crippen molar-refractivity contribution in [1.29, 1.82) is 0 Å². The third-order valence-electron chi connectivity index (χ3n) is 3.41. The van der Waals surface area contributed by atoms with Crippen LogP contribution in [0, 0.1) is 5.92 Å². The van der Waals surface area contributed by atoms with Crippen LogP contribution in [0.5, 0.6) is 0 Å². The van der Waals surface area contributed by atoms with E-state index in [2.05, 4.69) is 17.4 Å². The van der Waals surface area contributed by atoms with Gasteiger partial charge in [0.1, 0.15) is 6.04 Å². The molecule has 2 rings (SSSR count). The number of benzene rings is 1. The van der Waals surface area contributed by atoms with E-state index >= 15 is 0 Å². The molecule has 4 nitrogen and oxygen atoms in total. The lowest BCUT2D eigenvalue weighted by atomic mass is 10.0. The van der Waals surface area contributed by atoms with E-state index in [-0.39, 0.29) is 11.8 Å². The molecule has 0 radical (unpaired) electrons. The molecule has 0 aliphatic heterocycles. The van der Waals surface area contributed by atoms with E-state index in [1.807, 2.05) is 18.2 Å². The van der Waals surface area contributed by atoms with Crippen LogP contribution in [0.3, 0.4) is 0 Å². The Labute approximate surface area is 113 Å². The molecule has 1 aromatic rings. The van der Waals surface area contributed by atoms with Gasteiger partial charge in [-0.05, 0) is 37.7 Å². The van der Waals surface area contributed by atoms with Gasteiger partial charge in [0.05, 0.1) is 0 Å². The zero-order valence-electron chi connectivity index (χ0n) is 11.0. The molecule has 0 heterocycles. The molecule has 0 aromatic heterocycles. The number of aryl methyl sites for hydroxylation is 1. The van der Waals surface area contributed by atoms with Gasteiger partial charge in [0.15, 0.2) is 0 Å². The second-order valence-electron chi connectivity index (χ2n) is 5.12. The molecule has 1 aliphatic rings. The summed E-state index contributed by atoms with van der Waals surface area (Å²) < 4.78 is 0. The average molecular weight is 260 g/mol. The van der Waals surface area contributed by atoms with Gasteiger partial charge in [-0.15, -0.1) is 0 Å². The Balaban J connectivity index is 1.77. The highest BCUT2D eigenvalue weighted by atomic mass is 16.2. The number of carbonyl (C=O) groups is 2. The van der Waals surface area contributed by atoms with Gasteiger partial charge in [-0.3, -0.25) is 9.59 Å². The molecular weight excluding hydrogens is 240 g/mol. The summed E-state index contributed by atoms with van der Waals surface area (Å²) >= 11 is 0. The van der Waals surface area contributed by atoms with Crippen LogP contribution >= 0.6 is 0 Å². The molecule has 2 amide bonds. The summed E-state index contributed by atoms with van der Waals surface area (Å²) in [4.78, 5) is 23.0. The smallest absolute Gasteiger partial charge is 0.239 e. The van der Waals surface area contributed by atoms with Gasteiger partial charge in [0.2, 0.25) is 11.8 Å². The Morgan fingerprint density at radius 1 is 1.26 bits per heavy atom. The SMILES string of the molecule is NC(=O)[C@@H](CCCc1ccccc1)NC(=O)C1CC1. The van der Waals surface area contributed by atoms with E-state index in [1.54, 1.807) is 0 Å². The highest BCUT2D eigenvalue weighted by molar-refractivity contribution is 5.88. The molecule has 4 heteroatoms. The number of primary amides is 1. The van der Waals surface area contributed by atoms with Crippen LogP contribution in [0.1, 0.15) is 31.2 Å². The Bertz CT molecular complexity index is 441. The van der Waals surface area contributed by atoms with Crippen LogP contribution in [0.2, 0.25) is 0 Å². The number of carbonyl (C=O) groups excluding carboxylic acids is 2. The molecule has 19 heavy (non-hydrogen) atoms. The largest absolute Gasteiger partial charge is 0.368 e. The van der Waals surface area contributed by atoms with Crippen LogP contribution in [0.25, 0.3) is 0 Å². The van der Waals surface area contributed by atoms with Gasteiger partial charge in [-0.2, -0.15) is 0 Å². The molecular formula is C15H20N2O2. The fourth-order valence-corrected chi connectivity index (χ4v) is 2.08. The minimum absolute atomic E-state index is 0.0245. The number of hydrogen-bond donors (Lipinski definition) is 2. The molecule has 1 aromatic carbocycles. The topological polar surface area (TPSA) is 72.2 Å². The molecule has 0 unspecified atom stereocenters. The van der Waals surface area contributed by atoms with Crippen LogP contribution in [0.4, 0.5) is 0 Å². The van der Waals surface area contributed by atoms with E-state index in [0.717, 1.165) is 25.7 Å². The monoisotopic (exact) mass is 260 g/mol. The van der Waals surface area contributed by atoms with E-state index < -0.39 is 11.9 Å². The van der Waals surface area contributed by atoms with E-state index in [9.17, 15) is 9.59 Å². The van der Waals surface area contributed by atoms with Gasteiger partial charge in [-0.25, -0.2) is 0 Å². The van der Waals surface area contributed by atoms with Gasteiger partial charge in [-0.1, -0.05) is 30.3 Å². The zero-order valence-corrected chi connectivity index (χ0v) is 11.0. The van der Waals surface area contributed by atoms with Crippen molar-refractivity contribution < 1.29 is 9.59 Å². The highest BCUT2D eigenvalue weighted by Crippen LogP contribution is 2.29. The van der Waals surface area contributed by atoms with E-state index in [4.69, 9.17) is 5.73 Å². The summed E-state index contributed by atoms with van der Waals surface area (Å²) in [5.41, 5.74) is 6.57. The molecule has 3 N–H and O–H groups in total. The van der Waals surface area contributed by atoms with Crippen LogP contribution in [-0.4, -0.2) is 17.9 Å². The lowest BCUT2D eigenvalue weighted by Crippen LogP contribution is -2.45. The maximum Gasteiger partial charge on any atom is 0.239 e. The maximum atomic E-state index is 11.6. The van der Waals surface area contributed by atoms with Gasteiger partial charge in [0, 0.05) is 5.92 Å². The van der Waals surface area contributed by atoms with E-state index in [1.165, 1.54) is 5.56 Å². The molecule has 1 saturated carbocycles. The first-order valence-electron chi connectivity index (χ1n) is 6.80. The van der Waals surface area contributed by atoms with Crippen LogP contribution in [0.15, 0.2) is 30.3 Å². The zero-order chi connectivity index (χ0) is 13.7. The first kappa shape index (κ1) is 13.6. The molecule has 102 valence electrons. The summed E-state index contributed by atoms with van der Waals surface area (Å²) in [6.07, 6.45) is 4.19. The van der Waals surface area contributed by atoms with Gasteiger partial charge < -0.3 is 11.1 Å². The molecule has 0 spiro atoms.